The lowest BCUT2D eigenvalue weighted by Crippen LogP contribution is -2.49. The minimum atomic E-state index is -0.838. The number of nitrogens with one attached hydrogen (secondary N) is 1. The van der Waals surface area contributed by atoms with Crippen LogP contribution in [0.3, 0.4) is 0 Å². The Hall–Kier alpha value is -1.66. The maximum absolute atomic E-state index is 11.7. The van der Waals surface area contributed by atoms with Gasteiger partial charge < -0.3 is 9.84 Å². The van der Waals surface area contributed by atoms with Gasteiger partial charge in [0.15, 0.2) is 0 Å². The normalized spacial score (nSPS) is 24.7. The van der Waals surface area contributed by atoms with Gasteiger partial charge >= 0.3 is 0 Å². The highest BCUT2D eigenvalue weighted by Gasteiger charge is 2.54. The lowest BCUT2D eigenvalue weighted by molar-refractivity contribution is -0.0909. The molecular weight excluding hydrogens is 346 g/mol. The summed E-state index contributed by atoms with van der Waals surface area (Å²) in [6.45, 7) is 7.58. The first-order chi connectivity index (χ1) is 12.4. The van der Waals surface area contributed by atoms with Crippen molar-refractivity contribution in [1.82, 2.24) is 14.8 Å². The van der Waals surface area contributed by atoms with Gasteiger partial charge in [-0.2, -0.15) is 0 Å². The van der Waals surface area contributed by atoms with E-state index in [1.54, 1.807) is 11.0 Å². The van der Waals surface area contributed by atoms with E-state index in [9.17, 15) is 5.11 Å². The van der Waals surface area contributed by atoms with Gasteiger partial charge in [0.05, 0.1) is 18.8 Å². The van der Waals surface area contributed by atoms with Gasteiger partial charge in [0, 0.05) is 0 Å². The molecule has 1 fully saturated rings. The number of aliphatic hydroxyl groups is 1. The number of rotatable bonds is 7. The average Bonchev–Trinajstić information content (AvgIpc) is 3.10. The molecule has 3 rings (SSSR count). The summed E-state index contributed by atoms with van der Waals surface area (Å²) in [5.74, 6) is 1.08. The Morgan fingerprint density at radius 1 is 1.35 bits per heavy atom. The minimum absolute atomic E-state index is 0.171. The van der Waals surface area contributed by atoms with Crippen molar-refractivity contribution in [2.24, 2.45) is 11.3 Å². The zero-order valence-corrected chi connectivity index (χ0v) is 16.7. The smallest absolute Gasteiger partial charge is 0.215 e. The number of aromatic nitrogens is 3. The fourth-order valence-electron chi connectivity index (χ4n) is 4.02. The standard InChI is InChI=1S/C20H29N3O2S/c1-4-11-25-17-7-5-15(6-8-17)12-16-9-10-19(2,3)20(16,24)13-23-18(26)21-14-22-23/h5-8,14,16,24H,4,9-13H2,1-3H3,(H,21,22,26). The first-order valence-electron chi connectivity index (χ1n) is 9.40. The van der Waals surface area contributed by atoms with Crippen molar-refractivity contribution < 1.29 is 9.84 Å². The van der Waals surface area contributed by atoms with Crippen molar-refractivity contribution in [2.75, 3.05) is 6.61 Å². The lowest BCUT2D eigenvalue weighted by Gasteiger charge is -2.41. The van der Waals surface area contributed by atoms with Crippen molar-refractivity contribution in [2.45, 2.75) is 58.6 Å². The molecule has 0 saturated heterocycles. The Morgan fingerprint density at radius 3 is 2.69 bits per heavy atom. The molecule has 1 aliphatic carbocycles. The Kier molecular flexibility index (Phi) is 5.53. The number of hydrogen-bond donors (Lipinski definition) is 2. The first kappa shape index (κ1) is 19.1. The molecule has 1 heterocycles. The zero-order chi connectivity index (χ0) is 18.8. The predicted octanol–water partition coefficient (Wildman–Crippen LogP) is 4.14. The minimum Gasteiger partial charge on any atom is -0.494 e. The summed E-state index contributed by atoms with van der Waals surface area (Å²) in [6, 6.07) is 8.27. The third-order valence-corrected chi connectivity index (χ3v) is 6.19. The van der Waals surface area contributed by atoms with Crippen LogP contribution in [0.5, 0.6) is 5.75 Å². The molecule has 0 radical (unpaired) electrons. The predicted molar refractivity (Wildman–Crippen MR) is 105 cm³/mol. The Balaban J connectivity index is 1.77. The maximum Gasteiger partial charge on any atom is 0.215 e. The number of ether oxygens (including phenoxy) is 1. The molecule has 2 aromatic rings. The van der Waals surface area contributed by atoms with Gasteiger partial charge in [0.1, 0.15) is 12.1 Å². The molecule has 1 saturated carbocycles. The van der Waals surface area contributed by atoms with Crippen molar-refractivity contribution >= 4 is 12.2 Å². The van der Waals surface area contributed by atoms with E-state index in [1.807, 2.05) is 12.1 Å². The Morgan fingerprint density at radius 2 is 2.08 bits per heavy atom. The van der Waals surface area contributed by atoms with Crippen LogP contribution in [-0.4, -0.2) is 32.1 Å². The molecule has 2 unspecified atom stereocenters. The topological polar surface area (TPSA) is 63.1 Å². The average molecular weight is 376 g/mol. The molecule has 0 amide bonds. The number of hydrogen-bond acceptors (Lipinski definition) is 4. The summed E-state index contributed by atoms with van der Waals surface area (Å²) in [5, 5.41) is 14.7. The molecule has 2 N–H and O–H groups in total. The molecular formula is C20H29N3O2S. The summed E-state index contributed by atoms with van der Waals surface area (Å²) >= 11 is 5.26. The van der Waals surface area contributed by atoms with Crippen LogP contribution < -0.4 is 4.74 Å². The molecule has 5 nitrogen and oxygen atoms in total. The van der Waals surface area contributed by atoms with Gasteiger partial charge in [0.2, 0.25) is 4.77 Å². The van der Waals surface area contributed by atoms with E-state index < -0.39 is 5.60 Å². The van der Waals surface area contributed by atoms with E-state index in [0.717, 1.165) is 38.0 Å². The van der Waals surface area contributed by atoms with Crippen LogP contribution in [-0.2, 0) is 13.0 Å². The van der Waals surface area contributed by atoms with Crippen LogP contribution >= 0.6 is 12.2 Å². The number of benzene rings is 1. The molecule has 26 heavy (non-hydrogen) atoms. The van der Waals surface area contributed by atoms with Crippen LogP contribution in [0.2, 0.25) is 0 Å². The van der Waals surface area contributed by atoms with E-state index in [-0.39, 0.29) is 11.3 Å². The van der Waals surface area contributed by atoms with Crippen molar-refractivity contribution in [1.29, 1.82) is 0 Å². The van der Waals surface area contributed by atoms with Gasteiger partial charge in [-0.3, -0.25) is 9.78 Å². The quantitative estimate of drug-likeness (QED) is 0.714. The number of aromatic amines is 1. The number of nitrogens with zero attached hydrogens (tertiary/aromatic N) is 2. The van der Waals surface area contributed by atoms with E-state index >= 15 is 0 Å². The fourth-order valence-corrected chi connectivity index (χ4v) is 4.19. The third-order valence-electron chi connectivity index (χ3n) is 5.86. The van der Waals surface area contributed by atoms with Gasteiger partial charge in [-0.05, 0) is 66.9 Å². The molecule has 2 atom stereocenters. The molecule has 0 aliphatic heterocycles. The zero-order valence-electron chi connectivity index (χ0n) is 15.9. The monoisotopic (exact) mass is 375 g/mol. The molecule has 0 bridgehead atoms. The molecule has 1 aromatic heterocycles. The summed E-state index contributed by atoms with van der Waals surface area (Å²) in [4.78, 5) is 4.08. The second-order valence-corrected chi connectivity index (χ2v) is 8.36. The molecule has 6 heteroatoms. The maximum atomic E-state index is 11.7. The number of H-pyrrole nitrogens is 1. The lowest BCUT2D eigenvalue weighted by atomic mass is 9.72. The van der Waals surface area contributed by atoms with Gasteiger partial charge in [-0.1, -0.05) is 32.9 Å². The van der Waals surface area contributed by atoms with Crippen LogP contribution in [0.1, 0.15) is 45.6 Å². The second kappa shape index (κ2) is 7.53. The Labute approximate surface area is 160 Å². The summed E-state index contributed by atoms with van der Waals surface area (Å²) in [7, 11) is 0. The van der Waals surface area contributed by atoms with Crippen LogP contribution in [0.15, 0.2) is 30.6 Å². The Bertz CT molecular complexity index is 781. The highest BCUT2D eigenvalue weighted by molar-refractivity contribution is 7.71. The second-order valence-electron chi connectivity index (χ2n) is 8.00. The summed E-state index contributed by atoms with van der Waals surface area (Å²) in [6.07, 6.45) is 5.42. The summed E-state index contributed by atoms with van der Waals surface area (Å²) in [5.41, 5.74) is 0.208. The van der Waals surface area contributed by atoms with Gasteiger partial charge in [-0.25, -0.2) is 4.98 Å². The van der Waals surface area contributed by atoms with Crippen LogP contribution in [0.4, 0.5) is 0 Å². The molecule has 1 aliphatic rings. The van der Waals surface area contributed by atoms with E-state index in [4.69, 9.17) is 17.0 Å². The molecule has 0 spiro atoms. The first-order valence-corrected chi connectivity index (χ1v) is 9.81. The largest absolute Gasteiger partial charge is 0.494 e. The van der Waals surface area contributed by atoms with E-state index in [1.165, 1.54) is 5.56 Å². The highest BCUT2D eigenvalue weighted by Crippen LogP contribution is 2.51. The van der Waals surface area contributed by atoms with Gasteiger partial charge in [-0.15, -0.1) is 0 Å². The van der Waals surface area contributed by atoms with Gasteiger partial charge in [0.25, 0.3) is 0 Å². The third kappa shape index (κ3) is 3.71. The van der Waals surface area contributed by atoms with Crippen molar-refractivity contribution in [3.05, 3.63) is 40.9 Å². The fraction of sp³-hybridized carbons (Fsp3) is 0.600. The van der Waals surface area contributed by atoms with Crippen LogP contribution in [0.25, 0.3) is 0 Å². The highest BCUT2D eigenvalue weighted by atomic mass is 32.1. The van der Waals surface area contributed by atoms with Crippen molar-refractivity contribution in [3.8, 4) is 5.75 Å². The van der Waals surface area contributed by atoms with E-state index in [2.05, 4.69) is 43.0 Å². The van der Waals surface area contributed by atoms with Crippen molar-refractivity contribution in [3.63, 3.8) is 0 Å². The molecule has 1 aromatic carbocycles. The molecule has 142 valence electrons. The SMILES string of the molecule is CCCOc1ccc(CC2CCC(C)(C)C2(O)Cn2[nH]cnc2=S)cc1. The summed E-state index contributed by atoms with van der Waals surface area (Å²) < 4.78 is 7.92. The van der Waals surface area contributed by atoms with Crippen LogP contribution in [0, 0.1) is 16.1 Å². The van der Waals surface area contributed by atoms with E-state index in [0.29, 0.717) is 11.3 Å².